The quantitative estimate of drug-likeness (QED) is 0.506. The van der Waals surface area contributed by atoms with Crippen LogP contribution in [0.1, 0.15) is 17.2 Å². The fourth-order valence-electron chi connectivity index (χ4n) is 3.26. The molecule has 0 saturated carbocycles. The lowest BCUT2D eigenvalue weighted by Gasteiger charge is -2.26. The van der Waals surface area contributed by atoms with Crippen molar-refractivity contribution in [2.75, 3.05) is 27.4 Å². The first-order valence-corrected chi connectivity index (χ1v) is 11.3. The van der Waals surface area contributed by atoms with Crippen molar-refractivity contribution in [2.24, 2.45) is 0 Å². The second-order valence-electron chi connectivity index (χ2n) is 7.29. The van der Waals surface area contributed by atoms with Crippen molar-refractivity contribution in [1.29, 1.82) is 0 Å². The Balaban J connectivity index is 1.62. The van der Waals surface area contributed by atoms with Crippen molar-refractivity contribution >= 4 is 10.0 Å². The molecule has 0 unspecified atom stereocenters. The number of benzene rings is 2. The molecule has 8 nitrogen and oxygen atoms in total. The van der Waals surface area contributed by atoms with Gasteiger partial charge in [-0.2, -0.15) is 9.40 Å². The molecule has 1 aromatic heterocycles. The lowest BCUT2D eigenvalue weighted by molar-refractivity contribution is -0.0291. The third-order valence-corrected chi connectivity index (χ3v) is 6.90. The van der Waals surface area contributed by atoms with E-state index in [9.17, 15) is 8.42 Å². The summed E-state index contributed by atoms with van der Waals surface area (Å²) >= 11 is 0. The van der Waals surface area contributed by atoms with E-state index < -0.39 is 10.0 Å². The fourth-order valence-corrected chi connectivity index (χ4v) is 4.60. The van der Waals surface area contributed by atoms with Gasteiger partial charge < -0.3 is 14.2 Å². The number of methoxy groups -OCH3 is 2. The monoisotopic (exact) mass is 443 g/mol. The molecule has 2 aromatic carbocycles. The molecule has 0 amide bonds. The van der Waals surface area contributed by atoms with Gasteiger partial charge in [0.2, 0.25) is 0 Å². The van der Waals surface area contributed by atoms with Crippen molar-refractivity contribution in [3.05, 3.63) is 71.9 Å². The van der Waals surface area contributed by atoms with Gasteiger partial charge in [-0.3, -0.25) is 4.68 Å². The van der Waals surface area contributed by atoms with E-state index in [1.807, 2.05) is 48.5 Å². The summed E-state index contributed by atoms with van der Waals surface area (Å²) in [5.74, 6) is 1.43. The molecule has 0 N–H and O–H groups in total. The molecule has 4 rings (SSSR count). The minimum absolute atomic E-state index is 0.0291. The van der Waals surface area contributed by atoms with Gasteiger partial charge in [0.05, 0.1) is 33.5 Å². The highest BCUT2D eigenvalue weighted by atomic mass is 32.2. The van der Waals surface area contributed by atoms with E-state index in [-0.39, 0.29) is 24.2 Å². The minimum atomic E-state index is -3.83. The fraction of sp³-hybridized carbons (Fsp3) is 0.318. The van der Waals surface area contributed by atoms with Crippen molar-refractivity contribution in [1.82, 2.24) is 14.1 Å². The van der Waals surface area contributed by atoms with Crippen LogP contribution in [0.2, 0.25) is 0 Å². The Morgan fingerprint density at radius 2 is 1.45 bits per heavy atom. The summed E-state index contributed by atoms with van der Waals surface area (Å²) in [5.41, 5.74) is 1.70. The number of nitrogens with zero attached hydrogens (tertiary/aromatic N) is 3. The van der Waals surface area contributed by atoms with Crippen molar-refractivity contribution in [2.45, 2.75) is 24.2 Å². The van der Waals surface area contributed by atoms with Crippen LogP contribution in [-0.4, -0.2) is 49.9 Å². The van der Waals surface area contributed by atoms with E-state index in [1.54, 1.807) is 31.2 Å². The maximum Gasteiger partial charge on any atom is 0.262 e. The van der Waals surface area contributed by atoms with E-state index >= 15 is 0 Å². The summed E-state index contributed by atoms with van der Waals surface area (Å²) in [5, 5.41) is 4.36. The van der Waals surface area contributed by atoms with Crippen LogP contribution in [0.3, 0.4) is 0 Å². The number of hydrogen-bond donors (Lipinski definition) is 0. The van der Waals surface area contributed by atoms with Crippen molar-refractivity contribution in [3.8, 4) is 11.5 Å². The van der Waals surface area contributed by atoms with E-state index in [2.05, 4.69) is 5.10 Å². The lowest BCUT2D eigenvalue weighted by Crippen LogP contribution is -2.32. The van der Waals surface area contributed by atoms with Crippen molar-refractivity contribution in [3.63, 3.8) is 0 Å². The average Bonchev–Trinajstić information content (AvgIpc) is 3.23. The molecule has 1 fully saturated rings. The Kier molecular flexibility index (Phi) is 6.26. The summed E-state index contributed by atoms with van der Waals surface area (Å²) in [7, 11) is -0.635. The lowest BCUT2D eigenvalue weighted by atomic mass is 10.2. The zero-order chi connectivity index (χ0) is 21.8. The van der Waals surface area contributed by atoms with E-state index in [0.29, 0.717) is 13.2 Å². The predicted octanol–water partition coefficient (Wildman–Crippen LogP) is 2.86. The van der Waals surface area contributed by atoms with Gasteiger partial charge in [0, 0.05) is 19.3 Å². The number of aromatic nitrogens is 2. The molecule has 0 radical (unpaired) electrons. The van der Waals surface area contributed by atoms with E-state index in [1.165, 1.54) is 4.31 Å². The summed E-state index contributed by atoms with van der Waals surface area (Å²) < 4.78 is 45.7. The Bertz CT molecular complexity index is 1060. The maximum atomic E-state index is 13.5. The van der Waals surface area contributed by atoms with Crippen LogP contribution in [0.25, 0.3) is 0 Å². The van der Waals surface area contributed by atoms with E-state index in [0.717, 1.165) is 22.6 Å². The van der Waals surface area contributed by atoms with E-state index in [4.69, 9.17) is 14.2 Å². The first kappa shape index (κ1) is 21.4. The first-order chi connectivity index (χ1) is 15.0. The molecule has 0 atom stereocenters. The normalized spacial score (nSPS) is 14.4. The number of sulfonamides is 1. The molecule has 9 heteroatoms. The minimum Gasteiger partial charge on any atom is -0.497 e. The second kappa shape index (κ2) is 9.09. The molecular formula is C22H25N3O5S. The van der Waals surface area contributed by atoms with Gasteiger partial charge in [0.1, 0.15) is 11.5 Å². The molecular weight excluding hydrogens is 418 g/mol. The predicted molar refractivity (Wildman–Crippen MR) is 115 cm³/mol. The second-order valence-corrected chi connectivity index (χ2v) is 9.18. The highest BCUT2D eigenvalue weighted by molar-refractivity contribution is 7.89. The molecule has 1 aliphatic heterocycles. The standard InChI is InChI=1S/C22H25N3O5S/c1-28-20-7-3-17(4-8-20)13-24(14-18-5-9-21(29-2)10-6-18)31(26,27)22-11-12-25(23-22)19-15-30-16-19/h3-12,19H,13-16H2,1-2H3. The zero-order valence-electron chi connectivity index (χ0n) is 17.5. The molecule has 1 saturated heterocycles. The number of ether oxygens (including phenoxy) is 3. The van der Waals surface area contributed by atoms with Crippen LogP contribution in [0, 0.1) is 0 Å². The Morgan fingerprint density at radius 1 is 0.935 bits per heavy atom. The van der Waals surface area contributed by atoms with Crippen LogP contribution in [0.4, 0.5) is 0 Å². The van der Waals surface area contributed by atoms with Gasteiger partial charge in [-0.25, -0.2) is 8.42 Å². The summed E-state index contributed by atoms with van der Waals surface area (Å²) in [6, 6.07) is 16.3. The largest absolute Gasteiger partial charge is 0.497 e. The third kappa shape index (κ3) is 4.73. The highest BCUT2D eigenvalue weighted by Gasteiger charge is 2.29. The van der Waals surface area contributed by atoms with Crippen LogP contribution in [0.15, 0.2) is 65.8 Å². The van der Waals surface area contributed by atoms with Crippen LogP contribution < -0.4 is 9.47 Å². The smallest absolute Gasteiger partial charge is 0.262 e. The molecule has 31 heavy (non-hydrogen) atoms. The van der Waals surface area contributed by atoms with Gasteiger partial charge in [-0.15, -0.1) is 0 Å². The topological polar surface area (TPSA) is 82.9 Å². The molecule has 164 valence electrons. The SMILES string of the molecule is COc1ccc(CN(Cc2ccc(OC)cc2)S(=O)(=O)c2ccn(C3COC3)n2)cc1. The van der Waals surface area contributed by atoms with Crippen LogP contribution >= 0.6 is 0 Å². The molecule has 0 spiro atoms. The Morgan fingerprint density at radius 3 is 1.87 bits per heavy atom. The van der Waals surface area contributed by atoms with Crippen molar-refractivity contribution < 1.29 is 22.6 Å². The average molecular weight is 444 g/mol. The molecule has 0 bridgehead atoms. The highest BCUT2D eigenvalue weighted by Crippen LogP contribution is 2.24. The Hall–Kier alpha value is -2.88. The molecule has 2 heterocycles. The van der Waals surface area contributed by atoms with Gasteiger partial charge in [-0.1, -0.05) is 24.3 Å². The van der Waals surface area contributed by atoms with Gasteiger partial charge in [0.15, 0.2) is 5.03 Å². The third-order valence-electron chi connectivity index (χ3n) is 5.22. The molecule has 3 aromatic rings. The first-order valence-electron chi connectivity index (χ1n) is 9.88. The summed E-state index contributed by atoms with van der Waals surface area (Å²) in [6.07, 6.45) is 1.69. The van der Waals surface area contributed by atoms with Gasteiger partial charge in [-0.05, 0) is 41.5 Å². The van der Waals surface area contributed by atoms with Gasteiger partial charge in [0.25, 0.3) is 10.0 Å². The Labute approximate surface area is 182 Å². The zero-order valence-corrected chi connectivity index (χ0v) is 18.3. The van der Waals surface area contributed by atoms with Crippen LogP contribution in [0.5, 0.6) is 11.5 Å². The van der Waals surface area contributed by atoms with Gasteiger partial charge >= 0.3 is 0 Å². The maximum absolute atomic E-state index is 13.5. The molecule has 0 aliphatic carbocycles. The summed E-state index contributed by atoms with van der Waals surface area (Å²) in [6.45, 7) is 1.50. The molecule has 1 aliphatic rings. The van der Waals surface area contributed by atoms with Crippen LogP contribution in [-0.2, 0) is 27.8 Å². The number of rotatable bonds is 9. The summed E-state index contributed by atoms with van der Waals surface area (Å²) in [4.78, 5) is 0. The number of hydrogen-bond acceptors (Lipinski definition) is 6.